The summed E-state index contributed by atoms with van der Waals surface area (Å²) >= 11 is 2.98. The summed E-state index contributed by atoms with van der Waals surface area (Å²) in [5, 5.41) is 1.68. The van der Waals surface area contributed by atoms with Crippen molar-refractivity contribution < 1.29 is 12.8 Å². The van der Waals surface area contributed by atoms with E-state index in [1.165, 1.54) is 6.07 Å². The topological polar surface area (TPSA) is 75.4 Å². The van der Waals surface area contributed by atoms with Gasteiger partial charge in [-0.2, -0.15) is 0 Å². The van der Waals surface area contributed by atoms with Crippen LogP contribution in [0.3, 0.4) is 0 Å². The first-order valence-electron chi connectivity index (χ1n) is 6.77. The summed E-state index contributed by atoms with van der Waals surface area (Å²) in [4.78, 5) is 2.05. The van der Waals surface area contributed by atoms with Crippen LogP contribution in [0.15, 0.2) is 21.5 Å². The van der Waals surface area contributed by atoms with Crippen molar-refractivity contribution in [2.45, 2.75) is 50.1 Å². The molecular formula is C13H19BrFN3O2S. The third kappa shape index (κ3) is 3.56. The van der Waals surface area contributed by atoms with E-state index in [-0.39, 0.29) is 22.2 Å². The van der Waals surface area contributed by atoms with E-state index in [2.05, 4.69) is 20.8 Å². The molecule has 3 N–H and O–H groups in total. The summed E-state index contributed by atoms with van der Waals surface area (Å²) in [7, 11) is -4.01. The van der Waals surface area contributed by atoms with Gasteiger partial charge in [0.25, 0.3) is 10.0 Å². The van der Waals surface area contributed by atoms with E-state index in [0.717, 1.165) is 25.3 Å². The van der Waals surface area contributed by atoms with Crippen molar-refractivity contribution >= 4 is 31.6 Å². The van der Waals surface area contributed by atoms with Gasteiger partial charge in [0.15, 0.2) is 5.82 Å². The second-order valence-corrected chi connectivity index (χ2v) is 7.93. The Bertz CT molecular complexity index is 629. The number of hydrogen-bond donors (Lipinski definition) is 2. The molecule has 2 rings (SSSR count). The summed E-state index contributed by atoms with van der Waals surface area (Å²) in [6.45, 7) is 3.90. The molecule has 1 aromatic rings. The lowest BCUT2D eigenvalue weighted by Gasteiger charge is -2.38. The first-order chi connectivity index (χ1) is 9.72. The molecule has 1 aliphatic heterocycles. The number of piperidine rings is 1. The Morgan fingerprint density at radius 1 is 1.33 bits per heavy atom. The molecule has 1 fully saturated rings. The number of rotatable bonds is 3. The van der Waals surface area contributed by atoms with E-state index in [1.54, 1.807) is 5.01 Å². The minimum atomic E-state index is -4.01. The van der Waals surface area contributed by atoms with Gasteiger partial charge in [0.05, 0.1) is 4.47 Å². The third-order valence-electron chi connectivity index (χ3n) is 3.73. The highest BCUT2D eigenvalue weighted by Crippen LogP contribution is 2.27. The van der Waals surface area contributed by atoms with Crippen LogP contribution in [-0.2, 0) is 10.0 Å². The summed E-state index contributed by atoms with van der Waals surface area (Å²) in [5.74, 6) is -0.839. The van der Waals surface area contributed by atoms with Crippen LogP contribution in [0, 0.1) is 5.82 Å². The van der Waals surface area contributed by atoms with Crippen LogP contribution < -0.4 is 10.6 Å². The van der Waals surface area contributed by atoms with E-state index in [0.29, 0.717) is 0 Å². The average Bonchev–Trinajstić information content (AvgIpc) is 2.38. The number of anilines is 1. The molecule has 1 saturated heterocycles. The van der Waals surface area contributed by atoms with E-state index >= 15 is 0 Å². The lowest BCUT2D eigenvalue weighted by molar-refractivity contribution is 0.0789. The van der Waals surface area contributed by atoms with Crippen LogP contribution in [0.25, 0.3) is 0 Å². The highest BCUT2D eigenvalue weighted by atomic mass is 79.9. The zero-order chi connectivity index (χ0) is 15.8. The van der Waals surface area contributed by atoms with Crippen molar-refractivity contribution in [2.75, 3.05) is 5.73 Å². The van der Waals surface area contributed by atoms with Crippen LogP contribution >= 0.6 is 15.9 Å². The number of benzene rings is 1. The van der Waals surface area contributed by atoms with Gasteiger partial charge in [-0.15, -0.1) is 4.83 Å². The van der Waals surface area contributed by atoms with Gasteiger partial charge < -0.3 is 5.73 Å². The number of halogens is 2. The van der Waals surface area contributed by atoms with Crippen molar-refractivity contribution in [3.8, 4) is 0 Å². The molecule has 0 radical (unpaired) electrons. The van der Waals surface area contributed by atoms with Gasteiger partial charge in [-0.05, 0) is 54.8 Å². The summed E-state index contributed by atoms with van der Waals surface area (Å²) < 4.78 is 39.0. The molecule has 0 bridgehead atoms. The van der Waals surface area contributed by atoms with E-state index < -0.39 is 20.7 Å². The van der Waals surface area contributed by atoms with Crippen LogP contribution in [-0.4, -0.2) is 25.5 Å². The lowest BCUT2D eigenvalue weighted by atomic mass is 10.0. The summed E-state index contributed by atoms with van der Waals surface area (Å²) in [5.41, 5.74) is 5.79. The van der Waals surface area contributed by atoms with Crippen molar-refractivity contribution in [3.05, 3.63) is 22.4 Å². The molecule has 0 spiro atoms. The smallest absolute Gasteiger partial charge is 0.256 e. The molecule has 0 saturated carbocycles. The molecule has 21 heavy (non-hydrogen) atoms. The normalized spacial score (nSPS) is 24.2. The standard InChI is InChI=1S/C13H19BrFN3O2S/c1-8-4-3-5-9(2)18(8)17-21(19,20)12-7-10(16)6-11(14)13(12)15/h6-9,17H,3-5,16H2,1-2H3. The lowest BCUT2D eigenvalue weighted by Crippen LogP contribution is -2.54. The first-order valence-corrected chi connectivity index (χ1v) is 9.05. The maximum Gasteiger partial charge on any atom is 0.256 e. The largest absolute Gasteiger partial charge is 0.399 e. The second kappa shape index (κ2) is 6.20. The van der Waals surface area contributed by atoms with E-state index in [1.807, 2.05) is 13.8 Å². The molecule has 0 aromatic heterocycles. The fraction of sp³-hybridized carbons (Fsp3) is 0.538. The predicted molar refractivity (Wildman–Crippen MR) is 83.4 cm³/mol. The van der Waals surface area contributed by atoms with E-state index in [4.69, 9.17) is 5.73 Å². The summed E-state index contributed by atoms with van der Waals surface area (Å²) in [6.07, 6.45) is 2.85. The van der Waals surface area contributed by atoms with Gasteiger partial charge in [0.2, 0.25) is 0 Å². The highest BCUT2D eigenvalue weighted by molar-refractivity contribution is 9.10. The first kappa shape index (κ1) is 16.7. The zero-order valence-electron chi connectivity index (χ0n) is 11.9. The molecule has 1 aromatic carbocycles. The van der Waals surface area contributed by atoms with Gasteiger partial charge in [0, 0.05) is 17.8 Å². The number of hydrogen-bond acceptors (Lipinski definition) is 4. The number of sulfonamides is 1. The van der Waals surface area contributed by atoms with Crippen LogP contribution in [0.2, 0.25) is 0 Å². The van der Waals surface area contributed by atoms with Crippen molar-refractivity contribution in [1.29, 1.82) is 0 Å². The SMILES string of the molecule is CC1CCCC(C)N1NS(=O)(=O)c1cc(N)cc(Br)c1F. The van der Waals surface area contributed by atoms with Crippen molar-refractivity contribution in [2.24, 2.45) is 0 Å². The van der Waals surface area contributed by atoms with Crippen molar-refractivity contribution in [3.63, 3.8) is 0 Å². The zero-order valence-corrected chi connectivity index (χ0v) is 14.3. The quantitative estimate of drug-likeness (QED) is 0.791. The van der Waals surface area contributed by atoms with Gasteiger partial charge in [0.1, 0.15) is 4.90 Å². The molecule has 118 valence electrons. The maximum atomic E-state index is 14.1. The Morgan fingerprint density at radius 3 is 2.48 bits per heavy atom. The van der Waals surface area contributed by atoms with E-state index in [9.17, 15) is 12.8 Å². The minimum Gasteiger partial charge on any atom is -0.399 e. The Balaban J connectivity index is 2.34. The Labute approximate surface area is 132 Å². The van der Waals surface area contributed by atoms with Crippen molar-refractivity contribution in [1.82, 2.24) is 9.84 Å². The molecule has 8 heteroatoms. The van der Waals surface area contributed by atoms with Gasteiger partial charge in [-0.3, -0.25) is 0 Å². The molecule has 2 atom stereocenters. The molecule has 1 heterocycles. The Morgan fingerprint density at radius 2 is 1.90 bits per heavy atom. The number of nitrogens with zero attached hydrogens (tertiary/aromatic N) is 1. The molecule has 0 amide bonds. The van der Waals surface area contributed by atoms with Gasteiger partial charge >= 0.3 is 0 Å². The molecule has 5 nitrogen and oxygen atoms in total. The predicted octanol–water partition coefficient (Wildman–Crippen LogP) is 2.63. The minimum absolute atomic E-state index is 0.0302. The third-order valence-corrected chi connectivity index (χ3v) is 5.63. The second-order valence-electron chi connectivity index (χ2n) is 5.45. The van der Waals surface area contributed by atoms with Crippen LogP contribution in [0.1, 0.15) is 33.1 Å². The highest BCUT2D eigenvalue weighted by Gasteiger charge is 2.31. The maximum absolute atomic E-state index is 14.1. The van der Waals surface area contributed by atoms with Gasteiger partial charge in [-0.1, -0.05) is 6.42 Å². The number of nitrogen functional groups attached to an aromatic ring is 1. The summed E-state index contributed by atoms with van der Waals surface area (Å²) in [6, 6.07) is 2.59. The number of nitrogens with two attached hydrogens (primary N) is 1. The number of nitrogens with one attached hydrogen (secondary N) is 1. The monoisotopic (exact) mass is 379 g/mol. The molecular weight excluding hydrogens is 361 g/mol. The number of hydrazine groups is 1. The molecule has 1 aliphatic rings. The Hall–Kier alpha value is -0.700. The van der Waals surface area contributed by atoms with Crippen LogP contribution in [0.4, 0.5) is 10.1 Å². The average molecular weight is 380 g/mol. The fourth-order valence-corrected chi connectivity index (χ4v) is 4.55. The van der Waals surface area contributed by atoms with Gasteiger partial charge in [-0.25, -0.2) is 17.8 Å². The fourth-order valence-electron chi connectivity index (χ4n) is 2.57. The Kier molecular flexibility index (Phi) is 4.92. The van der Waals surface area contributed by atoms with Crippen LogP contribution in [0.5, 0.6) is 0 Å². The molecule has 2 unspecified atom stereocenters. The molecule has 0 aliphatic carbocycles.